The standard InChI is InChI=1S/C18H25BO4/c1-17(2)18(3,4)23-19(22-17)16-11-15(10-9-13(16)12-20)21-14-7-5-6-8-14/h9-12,14H,5-8H2,1-4H3. The van der Waals surface area contributed by atoms with Crippen LogP contribution in [0.4, 0.5) is 0 Å². The zero-order valence-corrected chi connectivity index (χ0v) is 14.4. The number of carbonyl (C=O) groups is 1. The van der Waals surface area contributed by atoms with Crippen LogP contribution in [0.2, 0.25) is 0 Å². The van der Waals surface area contributed by atoms with Crippen LogP contribution in [0.25, 0.3) is 0 Å². The molecule has 2 fully saturated rings. The van der Waals surface area contributed by atoms with E-state index in [4.69, 9.17) is 14.0 Å². The third kappa shape index (κ3) is 3.17. The molecule has 0 unspecified atom stereocenters. The molecule has 124 valence electrons. The fourth-order valence-electron chi connectivity index (χ4n) is 3.11. The largest absolute Gasteiger partial charge is 0.495 e. The molecule has 0 aromatic heterocycles. The highest BCUT2D eigenvalue weighted by atomic mass is 16.7. The molecule has 0 N–H and O–H groups in total. The van der Waals surface area contributed by atoms with Gasteiger partial charge in [0, 0.05) is 5.56 Å². The minimum atomic E-state index is -0.549. The summed E-state index contributed by atoms with van der Waals surface area (Å²) in [7, 11) is -0.549. The molecule has 1 aliphatic carbocycles. The van der Waals surface area contributed by atoms with Crippen LogP contribution in [0.1, 0.15) is 63.7 Å². The molecule has 23 heavy (non-hydrogen) atoms. The van der Waals surface area contributed by atoms with Gasteiger partial charge in [-0.3, -0.25) is 4.79 Å². The summed E-state index contributed by atoms with van der Waals surface area (Å²) in [6, 6.07) is 5.54. The molecule has 2 aliphatic rings. The molecule has 0 amide bonds. The van der Waals surface area contributed by atoms with Crippen LogP contribution in [0.3, 0.4) is 0 Å². The zero-order chi connectivity index (χ0) is 16.7. The highest BCUT2D eigenvalue weighted by Gasteiger charge is 2.52. The third-order valence-corrected chi connectivity index (χ3v) is 5.30. The maximum Gasteiger partial charge on any atom is 0.495 e. The average molecular weight is 316 g/mol. The van der Waals surface area contributed by atoms with Crippen molar-refractivity contribution in [3.05, 3.63) is 23.8 Å². The van der Waals surface area contributed by atoms with Crippen molar-refractivity contribution in [2.24, 2.45) is 0 Å². The molecule has 4 nitrogen and oxygen atoms in total. The summed E-state index contributed by atoms with van der Waals surface area (Å²) in [6.45, 7) is 8.03. The van der Waals surface area contributed by atoms with E-state index in [9.17, 15) is 4.79 Å². The summed E-state index contributed by atoms with van der Waals surface area (Å²) < 4.78 is 18.2. The number of carbonyl (C=O) groups excluding carboxylic acids is 1. The minimum Gasteiger partial charge on any atom is -0.490 e. The fourth-order valence-corrected chi connectivity index (χ4v) is 3.11. The number of benzene rings is 1. The van der Waals surface area contributed by atoms with Crippen molar-refractivity contribution < 1.29 is 18.8 Å². The molecule has 1 heterocycles. The van der Waals surface area contributed by atoms with Gasteiger partial charge in [-0.1, -0.05) is 0 Å². The number of ether oxygens (including phenoxy) is 1. The van der Waals surface area contributed by atoms with Crippen LogP contribution in [-0.4, -0.2) is 30.7 Å². The maximum absolute atomic E-state index is 11.4. The van der Waals surface area contributed by atoms with E-state index in [2.05, 4.69) is 0 Å². The molecule has 1 aliphatic heterocycles. The molecule has 1 aromatic rings. The Morgan fingerprint density at radius 1 is 1.13 bits per heavy atom. The minimum absolute atomic E-state index is 0.281. The second-order valence-electron chi connectivity index (χ2n) is 7.52. The Morgan fingerprint density at radius 3 is 2.30 bits per heavy atom. The van der Waals surface area contributed by atoms with Gasteiger partial charge in [-0.2, -0.15) is 0 Å². The average Bonchev–Trinajstić information content (AvgIpc) is 3.05. The smallest absolute Gasteiger partial charge is 0.490 e. The summed E-state index contributed by atoms with van der Waals surface area (Å²) in [5.41, 5.74) is 0.469. The van der Waals surface area contributed by atoms with E-state index >= 15 is 0 Å². The van der Waals surface area contributed by atoms with Gasteiger partial charge in [-0.05, 0) is 77.0 Å². The Hall–Kier alpha value is -1.33. The third-order valence-electron chi connectivity index (χ3n) is 5.30. The lowest BCUT2D eigenvalue weighted by Gasteiger charge is -2.32. The van der Waals surface area contributed by atoms with E-state index in [0.29, 0.717) is 5.56 Å². The van der Waals surface area contributed by atoms with Gasteiger partial charge in [-0.15, -0.1) is 0 Å². The molecule has 5 heteroatoms. The molecule has 0 atom stereocenters. The van der Waals surface area contributed by atoms with Gasteiger partial charge >= 0.3 is 7.12 Å². The van der Waals surface area contributed by atoms with E-state index in [1.807, 2.05) is 39.8 Å². The van der Waals surface area contributed by atoms with Crippen LogP contribution in [0, 0.1) is 0 Å². The summed E-state index contributed by atoms with van der Waals surface area (Å²) >= 11 is 0. The molecular weight excluding hydrogens is 291 g/mol. The van der Waals surface area contributed by atoms with Crippen molar-refractivity contribution >= 4 is 18.9 Å². The second-order valence-corrected chi connectivity index (χ2v) is 7.52. The first-order chi connectivity index (χ1) is 10.8. The van der Waals surface area contributed by atoms with Gasteiger partial charge in [-0.25, -0.2) is 0 Å². The van der Waals surface area contributed by atoms with Crippen LogP contribution in [0.5, 0.6) is 5.75 Å². The van der Waals surface area contributed by atoms with Crippen molar-refractivity contribution in [1.29, 1.82) is 0 Å². The normalized spacial score (nSPS) is 23.2. The SMILES string of the molecule is CC1(C)OB(c2cc(OC3CCCC3)ccc2C=O)OC1(C)C. The van der Waals surface area contributed by atoms with E-state index in [1.165, 1.54) is 12.8 Å². The van der Waals surface area contributed by atoms with Gasteiger partial charge in [0.1, 0.15) is 12.0 Å². The quantitative estimate of drug-likeness (QED) is 0.632. The van der Waals surface area contributed by atoms with Crippen LogP contribution in [-0.2, 0) is 9.31 Å². The van der Waals surface area contributed by atoms with E-state index in [0.717, 1.165) is 30.3 Å². The van der Waals surface area contributed by atoms with Gasteiger partial charge in [0.05, 0.1) is 17.3 Å². The first kappa shape index (κ1) is 16.5. The Morgan fingerprint density at radius 2 is 1.74 bits per heavy atom. The van der Waals surface area contributed by atoms with Crippen molar-refractivity contribution in [2.75, 3.05) is 0 Å². The van der Waals surface area contributed by atoms with Gasteiger partial charge in [0.2, 0.25) is 0 Å². The van der Waals surface area contributed by atoms with Gasteiger partial charge in [0.15, 0.2) is 0 Å². The number of hydrogen-bond donors (Lipinski definition) is 0. The monoisotopic (exact) mass is 316 g/mol. The van der Waals surface area contributed by atoms with Crippen molar-refractivity contribution in [3.8, 4) is 5.75 Å². The lowest BCUT2D eigenvalue weighted by molar-refractivity contribution is 0.00578. The van der Waals surface area contributed by atoms with Crippen molar-refractivity contribution in [2.45, 2.75) is 70.7 Å². The predicted octanol–water partition coefficient (Wildman–Crippen LogP) is 3.12. The lowest BCUT2D eigenvalue weighted by Crippen LogP contribution is -2.41. The zero-order valence-electron chi connectivity index (χ0n) is 14.4. The van der Waals surface area contributed by atoms with Gasteiger partial charge < -0.3 is 14.0 Å². The first-order valence-corrected chi connectivity index (χ1v) is 8.44. The topological polar surface area (TPSA) is 44.8 Å². The van der Waals surface area contributed by atoms with Crippen molar-refractivity contribution in [3.63, 3.8) is 0 Å². The molecule has 0 bridgehead atoms. The number of rotatable bonds is 4. The summed E-state index contributed by atoms with van der Waals surface area (Å²) in [4.78, 5) is 11.4. The van der Waals surface area contributed by atoms with Crippen LogP contribution >= 0.6 is 0 Å². The Labute approximate surface area is 138 Å². The molecule has 0 radical (unpaired) electrons. The summed E-state index contributed by atoms with van der Waals surface area (Å²) in [5.74, 6) is 0.784. The van der Waals surface area contributed by atoms with Crippen LogP contribution in [0.15, 0.2) is 18.2 Å². The predicted molar refractivity (Wildman–Crippen MR) is 90.4 cm³/mol. The van der Waals surface area contributed by atoms with Crippen molar-refractivity contribution in [1.82, 2.24) is 0 Å². The van der Waals surface area contributed by atoms with E-state index in [-0.39, 0.29) is 6.10 Å². The maximum atomic E-state index is 11.4. The second kappa shape index (κ2) is 5.95. The first-order valence-electron chi connectivity index (χ1n) is 8.44. The van der Waals surface area contributed by atoms with E-state index < -0.39 is 18.3 Å². The highest BCUT2D eigenvalue weighted by molar-refractivity contribution is 6.63. The number of hydrogen-bond acceptors (Lipinski definition) is 4. The Bertz CT molecular complexity index is 575. The molecule has 3 rings (SSSR count). The van der Waals surface area contributed by atoms with E-state index in [1.54, 1.807) is 6.07 Å². The molecular formula is C18H25BO4. The molecule has 1 saturated heterocycles. The fraction of sp³-hybridized carbons (Fsp3) is 0.611. The Balaban J connectivity index is 1.86. The van der Waals surface area contributed by atoms with Gasteiger partial charge in [0.25, 0.3) is 0 Å². The highest BCUT2D eigenvalue weighted by Crippen LogP contribution is 2.37. The molecule has 1 saturated carbocycles. The number of aldehydes is 1. The van der Waals surface area contributed by atoms with Crippen LogP contribution < -0.4 is 10.2 Å². The Kier molecular flexibility index (Phi) is 4.28. The summed E-state index contributed by atoms with van der Waals surface area (Å²) in [5, 5.41) is 0. The molecule has 0 spiro atoms. The molecule has 1 aromatic carbocycles. The lowest BCUT2D eigenvalue weighted by atomic mass is 9.76. The summed E-state index contributed by atoms with van der Waals surface area (Å²) in [6.07, 6.45) is 5.77.